The summed E-state index contributed by atoms with van der Waals surface area (Å²) in [6, 6.07) is 18.8. The standard InChI is InChI=1S/C19H23NO/c1-13-7-9-15(10-8-13)18(12-20)19(21)17-11-16(17)14-5-3-2-4-6-14/h2-10,16-19,21H,11-12,20H2,1H3. The molecule has 4 atom stereocenters. The van der Waals surface area contributed by atoms with E-state index in [9.17, 15) is 5.11 Å². The van der Waals surface area contributed by atoms with Crippen LogP contribution in [0.25, 0.3) is 0 Å². The third-order valence-corrected chi connectivity index (χ3v) is 4.68. The Balaban J connectivity index is 1.72. The maximum Gasteiger partial charge on any atom is 0.0655 e. The lowest BCUT2D eigenvalue weighted by Gasteiger charge is -2.22. The molecule has 3 N–H and O–H groups in total. The van der Waals surface area contributed by atoms with E-state index in [1.165, 1.54) is 11.1 Å². The molecule has 0 aliphatic heterocycles. The molecular weight excluding hydrogens is 258 g/mol. The fourth-order valence-corrected chi connectivity index (χ4v) is 3.26. The Labute approximate surface area is 126 Å². The van der Waals surface area contributed by atoms with E-state index in [2.05, 4.69) is 55.5 Å². The Bertz CT molecular complexity index is 578. The van der Waals surface area contributed by atoms with Gasteiger partial charge in [-0.3, -0.25) is 0 Å². The molecule has 1 saturated carbocycles. The first-order valence-electron chi connectivity index (χ1n) is 7.70. The first-order chi connectivity index (χ1) is 10.2. The minimum absolute atomic E-state index is 0.0318. The maximum absolute atomic E-state index is 10.7. The third kappa shape index (κ3) is 3.02. The van der Waals surface area contributed by atoms with Crippen molar-refractivity contribution >= 4 is 0 Å². The highest BCUT2D eigenvalue weighted by Gasteiger charge is 2.45. The van der Waals surface area contributed by atoms with Gasteiger partial charge in [0.05, 0.1) is 6.10 Å². The van der Waals surface area contributed by atoms with E-state index in [0.717, 1.165) is 12.0 Å². The van der Waals surface area contributed by atoms with Crippen LogP contribution in [0.4, 0.5) is 0 Å². The normalized spacial score (nSPS) is 23.6. The molecule has 2 nitrogen and oxygen atoms in total. The smallest absolute Gasteiger partial charge is 0.0655 e. The zero-order valence-corrected chi connectivity index (χ0v) is 12.4. The SMILES string of the molecule is Cc1ccc(C(CN)C(O)C2CC2c2ccccc2)cc1. The molecule has 2 aromatic rings. The van der Waals surface area contributed by atoms with Crippen LogP contribution >= 0.6 is 0 Å². The van der Waals surface area contributed by atoms with Crippen LogP contribution in [0.1, 0.15) is 34.9 Å². The van der Waals surface area contributed by atoms with Gasteiger partial charge in [-0.15, -0.1) is 0 Å². The number of nitrogens with two attached hydrogens (primary N) is 1. The minimum atomic E-state index is -0.358. The first kappa shape index (κ1) is 14.3. The molecule has 1 aliphatic rings. The summed E-state index contributed by atoms with van der Waals surface area (Å²) in [5.41, 5.74) is 9.65. The molecule has 4 unspecified atom stereocenters. The van der Waals surface area contributed by atoms with Gasteiger partial charge in [0, 0.05) is 12.5 Å². The molecule has 1 aliphatic carbocycles. The van der Waals surface area contributed by atoms with Crippen molar-refractivity contribution < 1.29 is 5.11 Å². The van der Waals surface area contributed by atoms with Gasteiger partial charge in [0.1, 0.15) is 0 Å². The number of benzene rings is 2. The summed E-state index contributed by atoms with van der Waals surface area (Å²) in [5, 5.41) is 10.7. The summed E-state index contributed by atoms with van der Waals surface area (Å²) in [7, 11) is 0. The molecule has 0 spiro atoms. The molecule has 1 fully saturated rings. The van der Waals surface area contributed by atoms with Crippen LogP contribution in [-0.4, -0.2) is 17.8 Å². The Morgan fingerprint density at radius 2 is 1.76 bits per heavy atom. The Hall–Kier alpha value is -1.64. The fraction of sp³-hybridized carbons (Fsp3) is 0.368. The average Bonchev–Trinajstić information content (AvgIpc) is 3.31. The third-order valence-electron chi connectivity index (χ3n) is 4.68. The van der Waals surface area contributed by atoms with Gasteiger partial charge in [0.25, 0.3) is 0 Å². The van der Waals surface area contributed by atoms with Crippen LogP contribution in [0.5, 0.6) is 0 Å². The predicted molar refractivity (Wildman–Crippen MR) is 86.3 cm³/mol. The summed E-state index contributed by atoms with van der Waals surface area (Å²) in [4.78, 5) is 0. The number of aliphatic hydroxyl groups excluding tert-OH is 1. The molecule has 110 valence electrons. The molecule has 0 radical (unpaired) electrons. The van der Waals surface area contributed by atoms with Crippen LogP contribution < -0.4 is 5.73 Å². The first-order valence-corrected chi connectivity index (χ1v) is 7.70. The summed E-state index contributed by atoms with van der Waals surface area (Å²) in [6.45, 7) is 2.56. The lowest BCUT2D eigenvalue weighted by molar-refractivity contribution is 0.120. The van der Waals surface area contributed by atoms with Crippen molar-refractivity contribution in [1.82, 2.24) is 0 Å². The van der Waals surface area contributed by atoms with E-state index in [-0.39, 0.29) is 12.0 Å². The van der Waals surface area contributed by atoms with E-state index in [4.69, 9.17) is 5.73 Å². The minimum Gasteiger partial charge on any atom is -0.392 e. The summed E-state index contributed by atoms with van der Waals surface area (Å²) >= 11 is 0. The van der Waals surface area contributed by atoms with Crippen molar-refractivity contribution in [1.29, 1.82) is 0 Å². The van der Waals surface area contributed by atoms with E-state index in [1.54, 1.807) is 0 Å². The highest BCUT2D eigenvalue weighted by atomic mass is 16.3. The van der Waals surface area contributed by atoms with Gasteiger partial charge in [-0.1, -0.05) is 60.2 Å². The quantitative estimate of drug-likeness (QED) is 0.884. The van der Waals surface area contributed by atoms with E-state index in [0.29, 0.717) is 18.4 Å². The monoisotopic (exact) mass is 281 g/mol. The van der Waals surface area contributed by atoms with Crippen molar-refractivity contribution in [2.24, 2.45) is 11.7 Å². The zero-order valence-electron chi connectivity index (χ0n) is 12.4. The molecular formula is C19H23NO. The maximum atomic E-state index is 10.7. The van der Waals surface area contributed by atoms with Gasteiger partial charge >= 0.3 is 0 Å². The second kappa shape index (κ2) is 6.00. The van der Waals surface area contributed by atoms with Gasteiger partial charge < -0.3 is 10.8 Å². The van der Waals surface area contributed by atoms with Gasteiger partial charge in [0.2, 0.25) is 0 Å². The number of aliphatic hydroxyl groups is 1. The summed E-state index contributed by atoms with van der Waals surface area (Å²) in [5.74, 6) is 0.854. The Morgan fingerprint density at radius 3 is 2.38 bits per heavy atom. The number of aryl methyl sites for hydroxylation is 1. The van der Waals surface area contributed by atoms with Gasteiger partial charge in [0.15, 0.2) is 0 Å². The van der Waals surface area contributed by atoms with E-state index < -0.39 is 0 Å². The van der Waals surface area contributed by atoms with Crippen molar-refractivity contribution in [3.63, 3.8) is 0 Å². The number of hydrogen-bond acceptors (Lipinski definition) is 2. The topological polar surface area (TPSA) is 46.2 Å². The van der Waals surface area contributed by atoms with E-state index in [1.807, 2.05) is 6.07 Å². The van der Waals surface area contributed by atoms with Gasteiger partial charge in [-0.05, 0) is 36.3 Å². The van der Waals surface area contributed by atoms with Crippen LogP contribution in [-0.2, 0) is 0 Å². The van der Waals surface area contributed by atoms with Gasteiger partial charge in [-0.2, -0.15) is 0 Å². The number of hydrogen-bond donors (Lipinski definition) is 2. The molecule has 0 heterocycles. The highest BCUT2D eigenvalue weighted by molar-refractivity contribution is 5.30. The van der Waals surface area contributed by atoms with Crippen LogP contribution in [0, 0.1) is 12.8 Å². The van der Waals surface area contributed by atoms with Crippen LogP contribution in [0.3, 0.4) is 0 Å². The molecule has 0 saturated heterocycles. The van der Waals surface area contributed by atoms with Crippen LogP contribution in [0.2, 0.25) is 0 Å². The lowest BCUT2D eigenvalue weighted by Crippen LogP contribution is -2.28. The summed E-state index contributed by atoms with van der Waals surface area (Å²) < 4.78 is 0. The van der Waals surface area contributed by atoms with E-state index >= 15 is 0 Å². The molecule has 0 aromatic heterocycles. The number of rotatable bonds is 5. The summed E-state index contributed by atoms with van der Waals surface area (Å²) in [6.07, 6.45) is 0.705. The Kier molecular flexibility index (Phi) is 4.09. The second-order valence-corrected chi connectivity index (χ2v) is 6.16. The van der Waals surface area contributed by atoms with Gasteiger partial charge in [-0.25, -0.2) is 0 Å². The van der Waals surface area contributed by atoms with Crippen LogP contribution in [0.15, 0.2) is 54.6 Å². The molecule has 21 heavy (non-hydrogen) atoms. The fourth-order valence-electron chi connectivity index (χ4n) is 3.26. The molecule has 0 amide bonds. The van der Waals surface area contributed by atoms with Crippen molar-refractivity contribution in [2.45, 2.75) is 31.3 Å². The molecule has 3 rings (SSSR count). The molecule has 2 aromatic carbocycles. The van der Waals surface area contributed by atoms with Crippen molar-refractivity contribution in [2.75, 3.05) is 6.54 Å². The molecule has 2 heteroatoms. The molecule has 0 bridgehead atoms. The lowest BCUT2D eigenvalue weighted by atomic mass is 9.89. The average molecular weight is 281 g/mol. The largest absolute Gasteiger partial charge is 0.392 e. The Morgan fingerprint density at radius 1 is 1.10 bits per heavy atom. The van der Waals surface area contributed by atoms with Crippen molar-refractivity contribution in [3.8, 4) is 0 Å². The zero-order chi connectivity index (χ0) is 14.8. The van der Waals surface area contributed by atoms with Crippen molar-refractivity contribution in [3.05, 3.63) is 71.3 Å². The second-order valence-electron chi connectivity index (χ2n) is 6.16. The predicted octanol–water partition coefficient (Wildman–Crippen LogP) is 3.20. The highest BCUT2D eigenvalue weighted by Crippen LogP contribution is 2.51.